The normalized spacial score (nSPS) is 22.9. The number of esters is 1. The minimum absolute atomic E-state index is 0.0445. The summed E-state index contributed by atoms with van der Waals surface area (Å²) in [5.74, 6) is -2.31. The van der Waals surface area contributed by atoms with E-state index in [1.165, 1.54) is 9.80 Å². The molecule has 30 heavy (non-hydrogen) atoms. The Kier molecular flexibility index (Phi) is 4.71. The Labute approximate surface area is 172 Å². The van der Waals surface area contributed by atoms with Crippen molar-refractivity contribution in [2.75, 3.05) is 24.7 Å². The van der Waals surface area contributed by atoms with Gasteiger partial charge in [0.25, 0.3) is 11.8 Å². The summed E-state index contributed by atoms with van der Waals surface area (Å²) in [5.41, 5.74) is -1.02. The van der Waals surface area contributed by atoms with E-state index in [1.54, 1.807) is 38.1 Å². The number of carbonyl (C=O) groups is 5. The highest BCUT2D eigenvalue weighted by Gasteiger charge is 2.62. The average Bonchev–Trinajstić information content (AvgIpc) is 3.30. The lowest BCUT2D eigenvalue weighted by Crippen LogP contribution is -2.70. The van der Waals surface area contributed by atoms with Crippen LogP contribution in [0.15, 0.2) is 24.3 Å². The summed E-state index contributed by atoms with van der Waals surface area (Å²) in [6.45, 7) is 2.95. The number of amides is 4. The molecule has 158 valence electrons. The second-order valence-corrected chi connectivity index (χ2v) is 7.57. The van der Waals surface area contributed by atoms with E-state index in [2.05, 4.69) is 0 Å². The molecular formula is C20H21N3O7. The van der Waals surface area contributed by atoms with E-state index in [-0.39, 0.29) is 31.9 Å². The Morgan fingerprint density at radius 1 is 1.20 bits per heavy atom. The van der Waals surface area contributed by atoms with Gasteiger partial charge in [0, 0.05) is 18.9 Å². The molecular weight excluding hydrogens is 394 g/mol. The number of carbonyl (C=O) groups excluding carboxylic acids is 5. The van der Waals surface area contributed by atoms with Crippen LogP contribution in [0.4, 0.5) is 10.5 Å². The molecule has 1 atom stereocenters. The first kappa shape index (κ1) is 19.9. The van der Waals surface area contributed by atoms with Crippen LogP contribution in [0.1, 0.15) is 37.0 Å². The summed E-state index contributed by atoms with van der Waals surface area (Å²) in [7, 11) is 0. The summed E-state index contributed by atoms with van der Waals surface area (Å²) in [4.78, 5) is 66.7. The van der Waals surface area contributed by atoms with Crippen LogP contribution in [0.25, 0.3) is 0 Å². The number of anilines is 1. The van der Waals surface area contributed by atoms with Gasteiger partial charge >= 0.3 is 12.1 Å². The largest absolute Gasteiger partial charge is 0.452 e. The molecule has 0 aliphatic carbocycles. The molecule has 0 spiro atoms. The fraction of sp³-hybridized carbons (Fsp3) is 0.450. The highest BCUT2D eigenvalue weighted by molar-refractivity contribution is 6.15. The lowest BCUT2D eigenvalue weighted by atomic mass is 9.95. The molecule has 4 amide bonds. The van der Waals surface area contributed by atoms with Crippen LogP contribution in [-0.4, -0.2) is 71.0 Å². The number of fused-ring (bicyclic) bond motifs is 3. The van der Waals surface area contributed by atoms with E-state index in [1.807, 2.05) is 0 Å². The number of ether oxygens (including phenoxy) is 2. The zero-order valence-electron chi connectivity index (χ0n) is 16.6. The van der Waals surface area contributed by atoms with Crippen molar-refractivity contribution in [1.29, 1.82) is 0 Å². The lowest BCUT2D eigenvalue weighted by Gasteiger charge is -2.50. The van der Waals surface area contributed by atoms with Crippen molar-refractivity contribution in [3.8, 4) is 0 Å². The predicted octanol–water partition coefficient (Wildman–Crippen LogP) is 0.896. The molecule has 1 aromatic rings. The van der Waals surface area contributed by atoms with E-state index in [4.69, 9.17) is 9.47 Å². The number of benzene rings is 1. The Balaban J connectivity index is 1.69. The van der Waals surface area contributed by atoms with Crippen LogP contribution in [-0.2, 0) is 23.9 Å². The molecule has 4 rings (SSSR count). The number of hydrogen-bond acceptors (Lipinski definition) is 7. The molecule has 3 heterocycles. The number of cyclic esters (lactones) is 1. The topological polar surface area (TPSA) is 114 Å². The Bertz CT molecular complexity index is 959. The SMILES string of the molecule is CC(C)N1C(=O)c2ccccc2N2C(=O)CC[C@]21C(=O)OCC(=O)N1CCOC1=O. The minimum Gasteiger partial charge on any atom is -0.452 e. The molecule has 10 nitrogen and oxygen atoms in total. The van der Waals surface area contributed by atoms with Gasteiger partial charge in [-0.05, 0) is 26.0 Å². The highest BCUT2D eigenvalue weighted by Crippen LogP contribution is 2.45. The van der Waals surface area contributed by atoms with Gasteiger partial charge in [0.2, 0.25) is 11.6 Å². The zero-order valence-corrected chi connectivity index (χ0v) is 16.6. The number of imide groups is 1. The van der Waals surface area contributed by atoms with Crippen molar-refractivity contribution in [2.24, 2.45) is 0 Å². The van der Waals surface area contributed by atoms with Gasteiger partial charge in [0.15, 0.2) is 6.61 Å². The summed E-state index contributed by atoms with van der Waals surface area (Å²) in [5, 5.41) is 0. The molecule has 0 bridgehead atoms. The van der Waals surface area contributed by atoms with Gasteiger partial charge in [-0.2, -0.15) is 0 Å². The maximum atomic E-state index is 13.3. The smallest absolute Gasteiger partial charge is 0.416 e. The van der Waals surface area contributed by atoms with Crippen molar-refractivity contribution in [2.45, 2.75) is 38.4 Å². The molecule has 1 aromatic carbocycles. The third kappa shape index (κ3) is 2.74. The second kappa shape index (κ2) is 7.12. The van der Waals surface area contributed by atoms with Gasteiger partial charge in [-0.1, -0.05) is 12.1 Å². The minimum atomic E-state index is -1.68. The first-order valence-electron chi connectivity index (χ1n) is 9.69. The van der Waals surface area contributed by atoms with E-state index in [0.717, 1.165) is 4.90 Å². The van der Waals surface area contributed by atoms with Gasteiger partial charge in [-0.15, -0.1) is 0 Å². The van der Waals surface area contributed by atoms with Crippen molar-refractivity contribution in [3.63, 3.8) is 0 Å². The van der Waals surface area contributed by atoms with Crippen LogP contribution < -0.4 is 4.90 Å². The molecule has 10 heteroatoms. The summed E-state index contributed by atoms with van der Waals surface area (Å²) in [6.07, 6.45) is -0.702. The zero-order chi connectivity index (χ0) is 21.6. The van der Waals surface area contributed by atoms with Crippen molar-refractivity contribution in [1.82, 2.24) is 9.80 Å². The first-order chi connectivity index (χ1) is 14.3. The first-order valence-corrected chi connectivity index (χ1v) is 9.69. The van der Waals surface area contributed by atoms with Crippen LogP contribution in [0.5, 0.6) is 0 Å². The Morgan fingerprint density at radius 3 is 2.60 bits per heavy atom. The summed E-state index contributed by atoms with van der Waals surface area (Å²) < 4.78 is 9.99. The van der Waals surface area contributed by atoms with E-state index < -0.39 is 42.2 Å². The van der Waals surface area contributed by atoms with E-state index >= 15 is 0 Å². The van der Waals surface area contributed by atoms with Crippen LogP contribution in [0.3, 0.4) is 0 Å². The molecule has 0 saturated carbocycles. The number of para-hydroxylation sites is 1. The fourth-order valence-electron chi connectivity index (χ4n) is 4.31. The molecule has 0 aromatic heterocycles. The number of rotatable bonds is 4. The molecule has 2 saturated heterocycles. The number of hydrogen-bond donors (Lipinski definition) is 0. The Hall–Kier alpha value is -3.43. The maximum absolute atomic E-state index is 13.3. The summed E-state index contributed by atoms with van der Waals surface area (Å²) >= 11 is 0. The van der Waals surface area contributed by atoms with Gasteiger partial charge in [-0.3, -0.25) is 19.3 Å². The van der Waals surface area contributed by atoms with Crippen LogP contribution in [0, 0.1) is 0 Å². The second-order valence-electron chi connectivity index (χ2n) is 7.57. The predicted molar refractivity (Wildman–Crippen MR) is 101 cm³/mol. The van der Waals surface area contributed by atoms with Gasteiger partial charge in [0.1, 0.15) is 6.61 Å². The summed E-state index contributed by atoms with van der Waals surface area (Å²) in [6, 6.07) is 6.17. The van der Waals surface area contributed by atoms with Gasteiger partial charge < -0.3 is 14.4 Å². The highest BCUT2D eigenvalue weighted by atomic mass is 16.6. The number of nitrogens with zero attached hydrogens (tertiary/aromatic N) is 3. The molecule has 0 N–H and O–H groups in total. The molecule has 0 unspecified atom stereocenters. The van der Waals surface area contributed by atoms with Gasteiger partial charge in [0.05, 0.1) is 17.8 Å². The molecule has 3 aliphatic rings. The van der Waals surface area contributed by atoms with Crippen LogP contribution in [0.2, 0.25) is 0 Å². The van der Waals surface area contributed by atoms with Crippen molar-refractivity contribution >= 4 is 35.5 Å². The van der Waals surface area contributed by atoms with Gasteiger partial charge in [-0.25, -0.2) is 14.5 Å². The van der Waals surface area contributed by atoms with Crippen LogP contribution >= 0.6 is 0 Å². The van der Waals surface area contributed by atoms with Crippen molar-refractivity contribution in [3.05, 3.63) is 29.8 Å². The van der Waals surface area contributed by atoms with E-state index in [9.17, 15) is 24.0 Å². The monoisotopic (exact) mass is 415 g/mol. The quantitative estimate of drug-likeness (QED) is 0.671. The molecule has 0 radical (unpaired) electrons. The fourth-order valence-corrected chi connectivity index (χ4v) is 4.31. The van der Waals surface area contributed by atoms with Crippen molar-refractivity contribution < 1.29 is 33.4 Å². The molecule has 2 fully saturated rings. The Morgan fingerprint density at radius 2 is 1.93 bits per heavy atom. The average molecular weight is 415 g/mol. The lowest BCUT2D eigenvalue weighted by molar-refractivity contribution is -0.162. The van der Waals surface area contributed by atoms with E-state index in [0.29, 0.717) is 11.3 Å². The molecule has 3 aliphatic heterocycles. The maximum Gasteiger partial charge on any atom is 0.416 e. The third-order valence-electron chi connectivity index (χ3n) is 5.53. The standard InChI is InChI=1S/C20H21N3O7/c1-12(2)22-17(26)13-5-3-4-6-14(13)23-15(24)7-8-20(22,23)18(27)30-11-16(25)21-9-10-29-19(21)28/h3-6,12H,7-11H2,1-2H3/t20-/m1/s1. The third-order valence-corrected chi connectivity index (χ3v) is 5.53.